The molecule has 2 aromatic rings. The Bertz CT molecular complexity index is 858. The Kier molecular flexibility index (Phi) is 3.99. The summed E-state index contributed by atoms with van der Waals surface area (Å²) in [6.07, 6.45) is 3.53. The van der Waals surface area contributed by atoms with Gasteiger partial charge in [-0.2, -0.15) is 0 Å². The van der Waals surface area contributed by atoms with Gasteiger partial charge in [0.25, 0.3) is 0 Å². The van der Waals surface area contributed by atoms with Crippen molar-refractivity contribution in [1.29, 1.82) is 0 Å². The number of aryl methyl sites for hydroxylation is 2. The number of carbonyl (C=O) groups excluding carboxylic acids is 1. The Morgan fingerprint density at radius 1 is 1.00 bits per heavy atom. The number of carbonyl (C=O) groups is 1. The lowest BCUT2D eigenvalue weighted by atomic mass is 9.81. The molecule has 4 rings (SSSR count). The van der Waals surface area contributed by atoms with Crippen LogP contribution in [0.3, 0.4) is 0 Å². The van der Waals surface area contributed by atoms with E-state index in [4.69, 9.17) is 0 Å². The van der Waals surface area contributed by atoms with Crippen molar-refractivity contribution in [2.75, 3.05) is 0 Å². The number of aliphatic hydroxyl groups excluding tert-OH is 1. The van der Waals surface area contributed by atoms with Crippen molar-refractivity contribution < 1.29 is 9.90 Å². The third-order valence-electron chi connectivity index (χ3n) is 5.84. The molecular weight excluding hydrogens is 308 g/mol. The van der Waals surface area contributed by atoms with Crippen LogP contribution in [0, 0.1) is 18.8 Å². The molecule has 2 bridgehead atoms. The largest absolute Gasteiger partial charge is 0.511 e. The SMILES string of the molecule is CCc1ccc(-c2ccc(C)cc2)cc1C1=C(O)[C@H]2CC[C@H](C2)C1=O. The van der Waals surface area contributed by atoms with E-state index in [9.17, 15) is 9.90 Å². The molecule has 2 aliphatic rings. The fourth-order valence-corrected chi connectivity index (χ4v) is 4.32. The summed E-state index contributed by atoms with van der Waals surface area (Å²) in [5.41, 5.74) is 6.11. The van der Waals surface area contributed by atoms with Crippen LogP contribution in [-0.2, 0) is 11.2 Å². The predicted molar refractivity (Wildman–Crippen MR) is 101 cm³/mol. The summed E-state index contributed by atoms with van der Waals surface area (Å²) in [6, 6.07) is 14.7. The van der Waals surface area contributed by atoms with Crippen LogP contribution in [0.15, 0.2) is 48.2 Å². The molecule has 128 valence electrons. The van der Waals surface area contributed by atoms with E-state index in [0.717, 1.165) is 47.9 Å². The summed E-state index contributed by atoms with van der Waals surface area (Å²) in [5.74, 6) is 0.741. The molecule has 1 N–H and O–H groups in total. The van der Waals surface area contributed by atoms with Gasteiger partial charge in [0.2, 0.25) is 0 Å². The second-order valence-electron chi connectivity index (χ2n) is 7.42. The molecule has 2 atom stereocenters. The van der Waals surface area contributed by atoms with Gasteiger partial charge in [-0.3, -0.25) is 4.79 Å². The van der Waals surface area contributed by atoms with Gasteiger partial charge in [-0.15, -0.1) is 0 Å². The van der Waals surface area contributed by atoms with Gasteiger partial charge < -0.3 is 5.11 Å². The van der Waals surface area contributed by atoms with E-state index in [1.54, 1.807) is 0 Å². The number of allylic oxidation sites excluding steroid dienone is 2. The maximum Gasteiger partial charge on any atom is 0.169 e. The van der Waals surface area contributed by atoms with Crippen molar-refractivity contribution in [3.8, 4) is 11.1 Å². The van der Waals surface area contributed by atoms with Gasteiger partial charge in [0.1, 0.15) is 5.76 Å². The Labute approximate surface area is 149 Å². The summed E-state index contributed by atoms with van der Waals surface area (Å²) in [4.78, 5) is 12.9. The van der Waals surface area contributed by atoms with Crippen molar-refractivity contribution in [1.82, 2.24) is 0 Å². The third kappa shape index (κ3) is 2.70. The Balaban J connectivity index is 1.86. The lowest BCUT2D eigenvalue weighted by molar-refractivity contribution is -0.117. The average molecular weight is 332 g/mol. The van der Waals surface area contributed by atoms with Gasteiger partial charge >= 0.3 is 0 Å². The van der Waals surface area contributed by atoms with Crippen LogP contribution < -0.4 is 0 Å². The van der Waals surface area contributed by atoms with Crippen LogP contribution in [0.2, 0.25) is 0 Å². The molecule has 0 spiro atoms. The van der Waals surface area contributed by atoms with Crippen LogP contribution in [0.1, 0.15) is 42.9 Å². The van der Waals surface area contributed by atoms with Crippen LogP contribution >= 0.6 is 0 Å². The minimum absolute atomic E-state index is 0.101. The van der Waals surface area contributed by atoms with E-state index in [-0.39, 0.29) is 17.6 Å². The zero-order chi connectivity index (χ0) is 17.6. The van der Waals surface area contributed by atoms with Crippen molar-refractivity contribution in [3.63, 3.8) is 0 Å². The number of ketones is 1. The highest BCUT2D eigenvalue weighted by molar-refractivity contribution is 6.23. The van der Waals surface area contributed by atoms with Crippen molar-refractivity contribution in [3.05, 3.63) is 64.9 Å². The number of rotatable bonds is 3. The number of Topliss-reactive ketones (excluding diaryl/α,β-unsaturated/α-hetero) is 1. The lowest BCUT2D eigenvalue weighted by Gasteiger charge is -2.23. The molecule has 0 radical (unpaired) electrons. The first-order valence-corrected chi connectivity index (χ1v) is 9.26. The molecule has 25 heavy (non-hydrogen) atoms. The van der Waals surface area contributed by atoms with E-state index in [2.05, 4.69) is 56.3 Å². The standard InChI is InChI=1S/C23H24O2/c1-3-15-8-9-17(16-6-4-14(2)5-7-16)13-20(15)21-22(24)18-10-11-19(12-18)23(21)25/h4-9,13,18-19,24H,3,10-12H2,1-2H3/t18-,19+/m0/s1. The van der Waals surface area contributed by atoms with Crippen LogP contribution in [0.5, 0.6) is 0 Å². The minimum atomic E-state index is 0.101. The first-order chi connectivity index (χ1) is 12.1. The van der Waals surface area contributed by atoms with Crippen LogP contribution in [0.25, 0.3) is 16.7 Å². The molecule has 0 aromatic heterocycles. The maximum absolute atomic E-state index is 12.9. The smallest absolute Gasteiger partial charge is 0.169 e. The number of hydrogen-bond donors (Lipinski definition) is 1. The van der Waals surface area contributed by atoms with Gasteiger partial charge in [0.15, 0.2) is 5.78 Å². The van der Waals surface area contributed by atoms with Crippen LogP contribution in [0.4, 0.5) is 0 Å². The highest BCUT2D eigenvalue weighted by Crippen LogP contribution is 2.46. The van der Waals surface area contributed by atoms with Crippen LogP contribution in [-0.4, -0.2) is 10.9 Å². The molecular formula is C23H24O2. The van der Waals surface area contributed by atoms with Gasteiger partial charge in [-0.1, -0.05) is 48.9 Å². The summed E-state index contributed by atoms with van der Waals surface area (Å²) >= 11 is 0. The zero-order valence-electron chi connectivity index (χ0n) is 14.9. The molecule has 0 amide bonds. The fraction of sp³-hybridized carbons (Fsp3) is 0.348. The molecule has 1 fully saturated rings. The quantitative estimate of drug-likeness (QED) is 0.806. The molecule has 0 unspecified atom stereocenters. The number of hydrogen-bond acceptors (Lipinski definition) is 2. The summed E-state index contributed by atoms with van der Waals surface area (Å²) < 4.78 is 0. The highest BCUT2D eigenvalue weighted by atomic mass is 16.3. The molecule has 2 heteroatoms. The number of fused-ring (bicyclic) bond motifs is 2. The summed E-state index contributed by atoms with van der Waals surface area (Å²) in [7, 11) is 0. The van der Waals surface area contributed by atoms with E-state index < -0.39 is 0 Å². The topological polar surface area (TPSA) is 37.3 Å². The molecule has 2 nitrogen and oxygen atoms in total. The second kappa shape index (κ2) is 6.18. The van der Waals surface area contributed by atoms with Crippen molar-refractivity contribution in [2.24, 2.45) is 11.8 Å². The van der Waals surface area contributed by atoms with Gasteiger partial charge in [0, 0.05) is 11.8 Å². The van der Waals surface area contributed by atoms with E-state index in [1.807, 2.05) is 0 Å². The van der Waals surface area contributed by atoms with E-state index in [0.29, 0.717) is 11.3 Å². The van der Waals surface area contributed by atoms with Crippen molar-refractivity contribution in [2.45, 2.75) is 39.5 Å². The molecule has 0 aliphatic heterocycles. The number of aliphatic hydroxyl groups is 1. The predicted octanol–water partition coefficient (Wildman–Crippen LogP) is 5.49. The Morgan fingerprint density at radius 3 is 2.40 bits per heavy atom. The maximum atomic E-state index is 12.9. The molecule has 0 saturated heterocycles. The van der Waals surface area contributed by atoms with Gasteiger partial charge in [0.05, 0.1) is 5.57 Å². The number of benzene rings is 2. The molecule has 2 aromatic carbocycles. The third-order valence-corrected chi connectivity index (χ3v) is 5.84. The zero-order valence-corrected chi connectivity index (χ0v) is 14.9. The van der Waals surface area contributed by atoms with E-state index in [1.165, 1.54) is 5.56 Å². The fourth-order valence-electron chi connectivity index (χ4n) is 4.32. The molecule has 2 aliphatic carbocycles. The molecule has 1 saturated carbocycles. The summed E-state index contributed by atoms with van der Waals surface area (Å²) in [5, 5.41) is 10.8. The average Bonchev–Trinajstić information content (AvgIpc) is 3.08. The van der Waals surface area contributed by atoms with Crippen molar-refractivity contribution >= 4 is 11.4 Å². The minimum Gasteiger partial charge on any atom is -0.511 e. The Morgan fingerprint density at radius 2 is 1.68 bits per heavy atom. The lowest BCUT2D eigenvalue weighted by Crippen LogP contribution is -2.22. The summed E-state index contributed by atoms with van der Waals surface area (Å²) in [6.45, 7) is 4.18. The molecule has 0 heterocycles. The first kappa shape index (κ1) is 16.1. The first-order valence-electron chi connectivity index (χ1n) is 9.26. The normalized spacial score (nSPS) is 22.6. The Hall–Kier alpha value is -2.35. The second-order valence-corrected chi connectivity index (χ2v) is 7.42. The monoisotopic (exact) mass is 332 g/mol. The van der Waals surface area contributed by atoms with E-state index >= 15 is 0 Å². The van der Waals surface area contributed by atoms with Gasteiger partial charge in [-0.05, 0) is 60.9 Å². The van der Waals surface area contributed by atoms with Gasteiger partial charge in [-0.25, -0.2) is 0 Å². The highest BCUT2D eigenvalue weighted by Gasteiger charge is 2.41.